The van der Waals surface area contributed by atoms with E-state index in [1.54, 1.807) is 0 Å². The van der Waals surface area contributed by atoms with Gasteiger partial charge in [0, 0.05) is 12.5 Å². The molecular formula is C15H30N2O2. The molecule has 0 aromatic heterocycles. The van der Waals surface area contributed by atoms with Gasteiger partial charge in [-0.15, -0.1) is 0 Å². The van der Waals surface area contributed by atoms with Crippen molar-refractivity contribution < 1.29 is 9.53 Å². The second kappa shape index (κ2) is 8.54. The third kappa shape index (κ3) is 6.92. The fourth-order valence-corrected chi connectivity index (χ4v) is 2.59. The van der Waals surface area contributed by atoms with Crippen LogP contribution in [0.25, 0.3) is 0 Å². The largest absolute Gasteiger partial charge is 0.378 e. The molecule has 1 aliphatic heterocycles. The van der Waals surface area contributed by atoms with Gasteiger partial charge in [0.15, 0.2) is 0 Å². The summed E-state index contributed by atoms with van der Waals surface area (Å²) in [6.07, 6.45) is 2.79. The van der Waals surface area contributed by atoms with Gasteiger partial charge in [0.25, 0.3) is 0 Å². The Morgan fingerprint density at radius 1 is 1.42 bits per heavy atom. The summed E-state index contributed by atoms with van der Waals surface area (Å²) in [7, 11) is 0. The molecule has 1 aliphatic rings. The zero-order valence-electron chi connectivity index (χ0n) is 12.9. The van der Waals surface area contributed by atoms with E-state index in [1.165, 1.54) is 0 Å². The van der Waals surface area contributed by atoms with Crippen molar-refractivity contribution in [2.24, 2.45) is 11.8 Å². The average molecular weight is 270 g/mol. The zero-order chi connectivity index (χ0) is 14.3. The van der Waals surface area contributed by atoms with E-state index in [1.807, 2.05) is 0 Å². The van der Waals surface area contributed by atoms with Crippen molar-refractivity contribution >= 4 is 5.91 Å². The number of carbonyl (C=O) groups is 1. The summed E-state index contributed by atoms with van der Waals surface area (Å²) in [6, 6.07) is 0.321. The summed E-state index contributed by atoms with van der Waals surface area (Å²) < 4.78 is 5.67. The minimum Gasteiger partial charge on any atom is -0.378 e. The lowest BCUT2D eigenvalue weighted by atomic mass is 9.95. The van der Waals surface area contributed by atoms with Gasteiger partial charge in [-0.2, -0.15) is 0 Å². The van der Waals surface area contributed by atoms with E-state index in [0.29, 0.717) is 30.9 Å². The number of hydrogen-bond acceptors (Lipinski definition) is 3. The van der Waals surface area contributed by atoms with Crippen LogP contribution in [0.2, 0.25) is 0 Å². The van der Waals surface area contributed by atoms with Crippen LogP contribution in [0.15, 0.2) is 0 Å². The topological polar surface area (TPSA) is 50.4 Å². The maximum atomic E-state index is 11.8. The number of hydrogen-bond donors (Lipinski definition) is 2. The van der Waals surface area contributed by atoms with Crippen LogP contribution < -0.4 is 10.6 Å². The number of piperidine rings is 1. The highest BCUT2D eigenvalue weighted by Crippen LogP contribution is 2.11. The first-order valence-electron chi connectivity index (χ1n) is 7.60. The maximum Gasteiger partial charge on any atom is 0.222 e. The molecule has 1 fully saturated rings. The van der Waals surface area contributed by atoms with Crippen molar-refractivity contribution in [1.82, 2.24) is 10.6 Å². The van der Waals surface area contributed by atoms with Crippen LogP contribution in [0.4, 0.5) is 0 Å². The van der Waals surface area contributed by atoms with Gasteiger partial charge in [0.05, 0.1) is 12.7 Å². The van der Waals surface area contributed by atoms with Crippen molar-refractivity contribution in [3.63, 3.8) is 0 Å². The fourth-order valence-electron chi connectivity index (χ4n) is 2.59. The van der Waals surface area contributed by atoms with Gasteiger partial charge in [0.1, 0.15) is 0 Å². The van der Waals surface area contributed by atoms with Crippen LogP contribution >= 0.6 is 0 Å². The van der Waals surface area contributed by atoms with Crippen molar-refractivity contribution in [3.05, 3.63) is 0 Å². The van der Waals surface area contributed by atoms with Crippen molar-refractivity contribution in [3.8, 4) is 0 Å². The molecule has 1 saturated heterocycles. The maximum absolute atomic E-state index is 11.8. The van der Waals surface area contributed by atoms with E-state index < -0.39 is 0 Å². The van der Waals surface area contributed by atoms with E-state index in [4.69, 9.17) is 4.74 Å². The Balaban J connectivity index is 2.13. The molecular weight excluding hydrogens is 240 g/mol. The van der Waals surface area contributed by atoms with Crippen LogP contribution in [0.5, 0.6) is 0 Å². The molecule has 1 heterocycles. The predicted octanol–water partition coefficient (Wildman–Crippen LogP) is 1.94. The standard InChI is InChI=1S/C15H30N2O2/c1-11(2)9-13(4)19-8-6-15(18)17-14-5-7-16-10-12(14)3/h11-14,16H,5-10H2,1-4H3,(H,17,18). The minimum absolute atomic E-state index is 0.121. The summed E-state index contributed by atoms with van der Waals surface area (Å²) in [5, 5.41) is 6.46. The molecule has 0 radical (unpaired) electrons. The third-order valence-electron chi connectivity index (χ3n) is 3.67. The first-order chi connectivity index (χ1) is 8.99. The lowest BCUT2D eigenvalue weighted by Gasteiger charge is -2.30. The summed E-state index contributed by atoms with van der Waals surface area (Å²) in [4.78, 5) is 11.8. The highest BCUT2D eigenvalue weighted by Gasteiger charge is 2.22. The first-order valence-corrected chi connectivity index (χ1v) is 7.60. The van der Waals surface area contributed by atoms with Gasteiger partial charge in [-0.25, -0.2) is 0 Å². The van der Waals surface area contributed by atoms with Crippen molar-refractivity contribution in [2.75, 3.05) is 19.7 Å². The Bertz CT molecular complexity index is 269. The SMILES string of the molecule is CC(C)CC(C)OCCC(=O)NC1CCNCC1C. The molecule has 19 heavy (non-hydrogen) atoms. The van der Waals surface area contributed by atoms with E-state index >= 15 is 0 Å². The first kappa shape index (κ1) is 16.4. The fraction of sp³-hybridized carbons (Fsp3) is 0.933. The molecule has 0 aliphatic carbocycles. The quantitative estimate of drug-likeness (QED) is 0.743. The number of ether oxygens (including phenoxy) is 1. The van der Waals surface area contributed by atoms with Gasteiger partial charge in [0.2, 0.25) is 5.91 Å². The summed E-state index contributed by atoms with van der Waals surface area (Å²) in [5.74, 6) is 1.27. The summed E-state index contributed by atoms with van der Waals surface area (Å²) >= 11 is 0. The van der Waals surface area contributed by atoms with Crippen molar-refractivity contribution in [2.45, 2.75) is 59.1 Å². The molecule has 0 saturated carbocycles. The molecule has 0 spiro atoms. The number of nitrogens with one attached hydrogen (secondary N) is 2. The van der Waals surface area contributed by atoms with Crippen LogP contribution in [0.1, 0.15) is 47.0 Å². The Kier molecular flexibility index (Phi) is 7.39. The van der Waals surface area contributed by atoms with Gasteiger partial charge in [-0.3, -0.25) is 4.79 Å². The number of carbonyl (C=O) groups excluding carboxylic acids is 1. The van der Waals surface area contributed by atoms with E-state index in [2.05, 4.69) is 38.3 Å². The molecule has 3 unspecified atom stereocenters. The van der Waals surface area contributed by atoms with E-state index in [0.717, 1.165) is 25.9 Å². The molecule has 112 valence electrons. The molecule has 0 aromatic rings. The second-order valence-electron chi connectivity index (χ2n) is 6.21. The lowest BCUT2D eigenvalue weighted by molar-refractivity contribution is -0.123. The van der Waals surface area contributed by atoms with Crippen LogP contribution in [0.3, 0.4) is 0 Å². The van der Waals surface area contributed by atoms with E-state index in [9.17, 15) is 4.79 Å². The zero-order valence-corrected chi connectivity index (χ0v) is 12.9. The lowest BCUT2D eigenvalue weighted by Crippen LogP contribution is -2.48. The molecule has 0 aromatic carbocycles. The molecule has 4 heteroatoms. The van der Waals surface area contributed by atoms with Gasteiger partial charge in [-0.05, 0) is 44.7 Å². The second-order valence-corrected chi connectivity index (χ2v) is 6.21. The average Bonchev–Trinajstić information content (AvgIpc) is 2.31. The predicted molar refractivity (Wildman–Crippen MR) is 78.1 cm³/mol. The smallest absolute Gasteiger partial charge is 0.222 e. The highest BCUT2D eigenvalue weighted by atomic mass is 16.5. The van der Waals surface area contributed by atoms with Crippen molar-refractivity contribution in [1.29, 1.82) is 0 Å². The van der Waals surface area contributed by atoms with Gasteiger partial charge in [-0.1, -0.05) is 20.8 Å². The molecule has 4 nitrogen and oxygen atoms in total. The van der Waals surface area contributed by atoms with Crippen LogP contribution in [0, 0.1) is 11.8 Å². The Morgan fingerprint density at radius 2 is 2.16 bits per heavy atom. The molecule has 3 atom stereocenters. The van der Waals surface area contributed by atoms with Gasteiger partial charge >= 0.3 is 0 Å². The van der Waals surface area contributed by atoms with Crippen LogP contribution in [-0.2, 0) is 9.53 Å². The van der Waals surface area contributed by atoms with Gasteiger partial charge < -0.3 is 15.4 Å². The van der Waals surface area contributed by atoms with Crippen LogP contribution in [-0.4, -0.2) is 37.7 Å². The Hall–Kier alpha value is -0.610. The van der Waals surface area contributed by atoms with E-state index in [-0.39, 0.29) is 12.0 Å². The molecule has 1 amide bonds. The third-order valence-corrected chi connectivity index (χ3v) is 3.67. The number of amides is 1. The Labute approximate surface area is 117 Å². The highest BCUT2D eigenvalue weighted by molar-refractivity contribution is 5.76. The molecule has 0 bridgehead atoms. The molecule has 1 rings (SSSR count). The Morgan fingerprint density at radius 3 is 2.79 bits per heavy atom. The number of rotatable bonds is 7. The normalized spacial score (nSPS) is 25.3. The molecule has 2 N–H and O–H groups in total. The monoisotopic (exact) mass is 270 g/mol. The summed E-state index contributed by atoms with van der Waals surface area (Å²) in [5.41, 5.74) is 0. The minimum atomic E-state index is 0.121. The summed E-state index contributed by atoms with van der Waals surface area (Å²) in [6.45, 7) is 11.1.